The fourth-order valence-corrected chi connectivity index (χ4v) is 5.34. The van der Waals surface area contributed by atoms with Crippen molar-refractivity contribution in [2.75, 3.05) is 20.1 Å². The number of likely N-dealkylation sites (N-methyl/N-ethyl adjacent to an activating group) is 1. The van der Waals surface area contributed by atoms with E-state index in [1.165, 1.54) is 4.88 Å². The first-order valence-corrected chi connectivity index (χ1v) is 10.5. The molecule has 1 amide bonds. The molecule has 1 aliphatic rings. The van der Waals surface area contributed by atoms with E-state index in [4.69, 9.17) is 17.3 Å². The summed E-state index contributed by atoms with van der Waals surface area (Å²) in [5.41, 5.74) is 8.45. The summed E-state index contributed by atoms with van der Waals surface area (Å²) in [5.74, 6) is -0.264. The summed E-state index contributed by atoms with van der Waals surface area (Å²) in [6.07, 6.45) is 2.27. The number of rotatable bonds is 7. The van der Waals surface area contributed by atoms with Crippen molar-refractivity contribution >= 4 is 34.6 Å². The van der Waals surface area contributed by atoms with Crippen LogP contribution in [0.25, 0.3) is 0 Å². The van der Waals surface area contributed by atoms with Gasteiger partial charge in [0.2, 0.25) is 5.91 Å². The van der Waals surface area contributed by atoms with Crippen LogP contribution in [0, 0.1) is 0 Å². The minimum atomic E-state index is -0.402. The lowest BCUT2D eigenvalue weighted by Gasteiger charge is -2.36. The number of halogens is 2. The molecule has 7 heteroatoms. The number of quaternary nitrogens is 1. The molecule has 1 aliphatic heterocycles. The van der Waals surface area contributed by atoms with Crippen molar-refractivity contribution in [3.05, 3.63) is 55.7 Å². The summed E-state index contributed by atoms with van der Waals surface area (Å²) in [6, 6.07) is 7.56. The number of fused-ring (bicyclic) bond motifs is 1. The number of nitrogens with two attached hydrogens (primary N) is 1. The minimum absolute atomic E-state index is 0. The number of amides is 1. The minimum Gasteiger partial charge on any atom is -1.00 e. The lowest BCUT2D eigenvalue weighted by molar-refractivity contribution is -0.922. The van der Waals surface area contributed by atoms with E-state index in [1.54, 1.807) is 11.3 Å². The van der Waals surface area contributed by atoms with Gasteiger partial charge in [-0.1, -0.05) is 23.7 Å². The molecule has 0 spiro atoms. The van der Waals surface area contributed by atoms with Crippen molar-refractivity contribution in [2.45, 2.75) is 39.2 Å². The van der Waals surface area contributed by atoms with Gasteiger partial charge in [0, 0.05) is 29.2 Å². The van der Waals surface area contributed by atoms with Crippen LogP contribution in [-0.2, 0) is 30.6 Å². The standard InChI is InChI=1S/C21H25ClN2O2S.HI/c1-3-24(2)11-10-17-19(13-24)27-18(20(17)21(23)26)12-16(25)9-6-14-4-7-15(22)8-5-14;/h4-5,7-8H,3,6,9-13H2,1-2H3,(H-,23,26);1H. The molecular formula is C21H26ClIN2O2S. The zero-order valence-electron chi connectivity index (χ0n) is 16.3. The van der Waals surface area contributed by atoms with E-state index in [9.17, 15) is 9.59 Å². The van der Waals surface area contributed by atoms with Crippen molar-refractivity contribution in [3.63, 3.8) is 0 Å². The highest BCUT2D eigenvalue weighted by atomic mass is 127. The van der Waals surface area contributed by atoms with Crippen LogP contribution in [0.5, 0.6) is 0 Å². The molecule has 28 heavy (non-hydrogen) atoms. The van der Waals surface area contributed by atoms with Crippen LogP contribution in [0.2, 0.25) is 5.02 Å². The van der Waals surface area contributed by atoms with E-state index in [2.05, 4.69) is 14.0 Å². The monoisotopic (exact) mass is 532 g/mol. The van der Waals surface area contributed by atoms with Crippen molar-refractivity contribution < 1.29 is 38.0 Å². The number of hydrogen-bond donors (Lipinski definition) is 1. The summed E-state index contributed by atoms with van der Waals surface area (Å²) in [5, 5.41) is 0.692. The van der Waals surface area contributed by atoms with Gasteiger partial charge in [0.25, 0.3) is 0 Å². The van der Waals surface area contributed by atoms with Gasteiger partial charge >= 0.3 is 0 Å². The number of nitrogens with zero attached hydrogens (tertiary/aromatic N) is 1. The third kappa shape index (κ3) is 5.34. The number of aryl methyl sites for hydroxylation is 1. The lowest BCUT2D eigenvalue weighted by Crippen LogP contribution is -3.00. The highest BCUT2D eigenvalue weighted by molar-refractivity contribution is 7.12. The zero-order chi connectivity index (χ0) is 19.6. The molecule has 0 aliphatic carbocycles. The second kappa shape index (κ2) is 9.69. The van der Waals surface area contributed by atoms with Crippen molar-refractivity contribution in [3.8, 4) is 0 Å². The molecule has 1 aromatic heterocycles. The van der Waals surface area contributed by atoms with E-state index in [-0.39, 0.29) is 29.8 Å². The molecule has 2 N–H and O–H groups in total. The Morgan fingerprint density at radius 1 is 1.25 bits per heavy atom. The predicted molar refractivity (Wildman–Crippen MR) is 110 cm³/mol. The Hall–Kier alpha value is -0.960. The summed E-state index contributed by atoms with van der Waals surface area (Å²) < 4.78 is 0.968. The van der Waals surface area contributed by atoms with Gasteiger partial charge in [0.15, 0.2) is 0 Å². The number of thiophene rings is 1. The highest BCUT2D eigenvalue weighted by Crippen LogP contribution is 2.35. The maximum absolute atomic E-state index is 12.5. The van der Waals surface area contributed by atoms with Crippen molar-refractivity contribution in [1.82, 2.24) is 0 Å². The molecule has 1 atom stereocenters. The predicted octanol–water partition coefficient (Wildman–Crippen LogP) is 0.771. The third-order valence-electron chi connectivity index (χ3n) is 5.56. The number of carbonyl (C=O) groups is 2. The first-order valence-electron chi connectivity index (χ1n) is 9.34. The van der Waals surface area contributed by atoms with Crippen LogP contribution < -0.4 is 29.7 Å². The zero-order valence-corrected chi connectivity index (χ0v) is 20.0. The van der Waals surface area contributed by atoms with Gasteiger partial charge in [0.1, 0.15) is 12.3 Å². The van der Waals surface area contributed by atoms with Crippen LogP contribution in [0.3, 0.4) is 0 Å². The van der Waals surface area contributed by atoms with E-state index in [0.717, 1.165) is 46.5 Å². The van der Waals surface area contributed by atoms with E-state index in [1.807, 2.05) is 24.3 Å². The van der Waals surface area contributed by atoms with Gasteiger partial charge in [-0.3, -0.25) is 9.59 Å². The van der Waals surface area contributed by atoms with Gasteiger partial charge in [0.05, 0.1) is 30.6 Å². The average molecular weight is 533 g/mol. The molecule has 0 bridgehead atoms. The Bertz CT molecular complexity index is 866. The number of benzene rings is 1. The topological polar surface area (TPSA) is 60.2 Å². The summed E-state index contributed by atoms with van der Waals surface area (Å²) >= 11 is 7.50. The van der Waals surface area contributed by atoms with E-state index < -0.39 is 5.91 Å². The summed E-state index contributed by atoms with van der Waals surface area (Å²) in [7, 11) is 2.24. The van der Waals surface area contributed by atoms with E-state index in [0.29, 0.717) is 29.8 Å². The summed E-state index contributed by atoms with van der Waals surface area (Å²) in [4.78, 5) is 26.7. The van der Waals surface area contributed by atoms with Crippen LogP contribution in [-0.4, -0.2) is 36.3 Å². The lowest BCUT2D eigenvalue weighted by atomic mass is 9.97. The maximum Gasteiger partial charge on any atom is 0.250 e. The second-order valence-corrected chi connectivity index (χ2v) is 9.20. The van der Waals surface area contributed by atoms with Crippen LogP contribution in [0.1, 0.15) is 44.6 Å². The fraction of sp³-hybridized carbons (Fsp3) is 0.429. The fourth-order valence-electron chi connectivity index (χ4n) is 3.65. The molecule has 152 valence electrons. The second-order valence-electron chi connectivity index (χ2n) is 7.58. The van der Waals surface area contributed by atoms with Crippen LogP contribution in [0.15, 0.2) is 24.3 Å². The van der Waals surface area contributed by atoms with Gasteiger partial charge in [-0.2, -0.15) is 0 Å². The Labute approximate surface area is 192 Å². The highest BCUT2D eigenvalue weighted by Gasteiger charge is 2.33. The van der Waals surface area contributed by atoms with Gasteiger partial charge < -0.3 is 34.2 Å². The number of hydrogen-bond acceptors (Lipinski definition) is 3. The van der Waals surface area contributed by atoms with Crippen LogP contribution >= 0.6 is 22.9 Å². The van der Waals surface area contributed by atoms with Crippen molar-refractivity contribution in [1.29, 1.82) is 0 Å². The van der Waals surface area contributed by atoms with Gasteiger partial charge in [-0.15, -0.1) is 11.3 Å². The molecule has 0 fully saturated rings. The van der Waals surface area contributed by atoms with Gasteiger partial charge in [-0.25, -0.2) is 0 Å². The Kier molecular flexibility index (Phi) is 8.07. The largest absolute Gasteiger partial charge is 1.00 e. The molecule has 0 radical (unpaired) electrons. The number of Topliss-reactive ketones (excluding diaryl/α,β-unsaturated/α-hetero) is 1. The molecule has 0 saturated heterocycles. The normalized spacial score (nSPS) is 18.2. The Morgan fingerprint density at radius 3 is 2.54 bits per heavy atom. The Morgan fingerprint density at radius 2 is 1.93 bits per heavy atom. The smallest absolute Gasteiger partial charge is 0.250 e. The molecule has 4 nitrogen and oxygen atoms in total. The number of carbonyl (C=O) groups excluding carboxylic acids is 2. The maximum atomic E-state index is 12.5. The number of primary amides is 1. The first-order chi connectivity index (χ1) is 12.8. The average Bonchev–Trinajstić information content (AvgIpc) is 2.98. The first kappa shape index (κ1) is 23.3. The molecule has 2 aromatic rings. The number of ketones is 1. The molecule has 3 rings (SSSR count). The molecular weight excluding hydrogens is 507 g/mol. The molecule has 0 saturated carbocycles. The summed E-state index contributed by atoms with van der Waals surface area (Å²) in [6.45, 7) is 5.16. The Balaban J connectivity index is 0.00000280. The molecule has 1 unspecified atom stereocenters. The van der Waals surface area contributed by atoms with Crippen molar-refractivity contribution in [2.24, 2.45) is 5.73 Å². The third-order valence-corrected chi connectivity index (χ3v) is 7.03. The molecule has 1 aromatic carbocycles. The SMILES string of the molecule is CC[N+]1(C)CCc2c(sc(CC(=O)CCc3ccc(Cl)cc3)c2C(N)=O)C1.[I-]. The van der Waals surface area contributed by atoms with Crippen LogP contribution in [0.4, 0.5) is 0 Å². The molecule has 2 heterocycles. The van der Waals surface area contributed by atoms with Gasteiger partial charge in [-0.05, 0) is 36.6 Å². The van der Waals surface area contributed by atoms with E-state index >= 15 is 0 Å². The quantitative estimate of drug-likeness (QED) is 0.423.